The third-order valence-electron chi connectivity index (χ3n) is 3.72. The molecule has 0 bridgehead atoms. The SMILES string of the molecule is CC(C)CNC(C)c1nnnn1CCC1CCCCO1. The molecule has 1 aliphatic heterocycles. The van der Waals surface area contributed by atoms with Gasteiger partial charge in [0.2, 0.25) is 0 Å². The van der Waals surface area contributed by atoms with Crippen LogP contribution in [0.5, 0.6) is 0 Å². The van der Waals surface area contributed by atoms with Gasteiger partial charge in [-0.1, -0.05) is 13.8 Å². The van der Waals surface area contributed by atoms with Gasteiger partial charge in [-0.2, -0.15) is 0 Å². The fourth-order valence-electron chi connectivity index (χ4n) is 2.49. The van der Waals surface area contributed by atoms with E-state index in [0.717, 1.165) is 31.9 Å². The van der Waals surface area contributed by atoms with Crippen LogP contribution in [0.15, 0.2) is 0 Å². The second kappa shape index (κ2) is 7.69. The first-order valence-electron chi connectivity index (χ1n) is 7.78. The average molecular weight is 281 g/mol. The Morgan fingerprint density at radius 1 is 1.35 bits per heavy atom. The molecule has 6 nitrogen and oxygen atoms in total. The monoisotopic (exact) mass is 281 g/mol. The van der Waals surface area contributed by atoms with Crippen molar-refractivity contribution in [1.82, 2.24) is 25.5 Å². The summed E-state index contributed by atoms with van der Waals surface area (Å²) < 4.78 is 7.67. The molecular formula is C14H27N5O. The van der Waals surface area contributed by atoms with Crippen molar-refractivity contribution in [3.05, 3.63) is 5.82 Å². The molecule has 0 amide bonds. The summed E-state index contributed by atoms with van der Waals surface area (Å²) >= 11 is 0. The molecule has 2 rings (SSSR count). The fraction of sp³-hybridized carbons (Fsp3) is 0.929. The number of hydrogen-bond acceptors (Lipinski definition) is 5. The number of tetrazole rings is 1. The Bertz CT molecular complexity index is 387. The lowest BCUT2D eigenvalue weighted by Gasteiger charge is -2.22. The third-order valence-corrected chi connectivity index (χ3v) is 3.72. The van der Waals surface area contributed by atoms with Gasteiger partial charge in [-0.15, -0.1) is 5.10 Å². The lowest BCUT2D eigenvalue weighted by atomic mass is 10.1. The fourth-order valence-corrected chi connectivity index (χ4v) is 2.49. The van der Waals surface area contributed by atoms with E-state index in [-0.39, 0.29) is 6.04 Å². The van der Waals surface area contributed by atoms with Crippen molar-refractivity contribution >= 4 is 0 Å². The van der Waals surface area contributed by atoms with Gasteiger partial charge in [0.15, 0.2) is 5.82 Å². The number of ether oxygens (including phenoxy) is 1. The van der Waals surface area contributed by atoms with Gasteiger partial charge in [0.1, 0.15) is 0 Å². The first kappa shape index (κ1) is 15.4. The zero-order valence-electron chi connectivity index (χ0n) is 12.9. The molecule has 0 spiro atoms. The zero-order valence-corrected chi connectivity index (χ0v) is 12.9. The van der Waals surface area contributed by atoms with Crippen LogP contribution in [0.25, 0.3) is 0 Å². The highest BCUT2D eigenvalue weighted by Gasteiger charge is 2.17. The molecule has 2 atom stereocenters. The Kier molecular flexibility index (Phi) is 5.91. The Balaban J connectivity index is 1.84. The van der Waals surface area contributed by atoms with Gasteiger partial charge < -0.3 is 10.1 Å². The van der Waals surface area contributed by atoms with Crippen LogP contribution >= 0.6 is 0 Å². The summed E-state index contributed by atoms with van der Waals surface area (Å²) in [5.74, 6) is 1.54. The van der Waals surface area contributed by atoms with Crippen LogP contribution in [0.1, 0.15) is 58.3 Å². The van der Waals surface area contributed by atoms with E-state index in [1.165, 1.54) is 19.3 Å². The van der Waals surface area contributed by atoms with Crippen molar-refractivity contribution in [3.8, 4) is 0 Å². The molecule has 0 saturated carbocycles. The van der Waals surface area contributed by atoms with Crippen molar-refractivity contribution in [2.45, 2.75) is 65.1 Å². The van der Waals surface area contributed by atoms with Crippen molar-refractivity contribution in [3.63, 3.8) is 0 Å². The molecule has 2 heterocycles. The van der Waals surface area contributed by atoms with Gasteiger partial charge in [0, 0.05) is 13.2 Å². The predicted octanol–water partition coefficient (Wildman–Crippen LogP) is 1.94. The van der Waals surface area contributed by atoms with Gasteiger partial charge in [-0.05, 0) is 55.5 Å². The third kappa shape index (κ3) is 4.52. The molecular weight excluding hydrogens is 254 g/mol. The number of rotatable bonds is 7. The van der Waals surface area contributed by atoms with Gasteiger partial charge in [0.25, 0.3) is 0 Å². The normalized spacial score (nSPS) is 21.3. The van der Waals surface area contributed by atoms with Crippen molar-refractivity contribution in [1.29, 1.82) is 0 Å². The van der Waals surface area contributed by atoms with E-state index in [1.54, 1.807) is 0 Å². The molecule has 1 aliphatic rings. The summed E-state index contributed by atoms with van der Waals surface area (Å²) in [7, 11) is 0. The van der Waals surface area contributed by atoms with Crippen molar-refractivity contribution in [2.75, 3.05) is 13.2 Å². The van der Waals surface area contributed by atoms with Crippen molar-refractivity contribution in [2.24, 2.45) is 5.92 Å². The highest BCUT2D eigenvalue weighted by atomic mass is 16.5. The first-order valence-corrected chi connectivity index (χ1v) is 7.78. The van der Waals surface area contributed by atoms with Crippen molar-refractivity contribution < 1.29 is 4.74 Å². The molecule has 1 saturated heterocycles. The maximum Gasteiger partial charge on any atom is 0.167 e. The van der Waals surface area contributed by atoms with E-state index >= 15 is 0 Å². The summed E-state index contributed by atoms with van der Waals surface area (Å²) in [6.07, 6.45) is 5.01. The molecule has 1 aromatic heterocycles. The molecule has 114 valence electrons. The minimum Gasteiger partial charge on any atom is -0.378 e. The van der Waals surface area contributed by atoms with Gasteiger partial charge in [0.05, 0.1) is 12.1 Å². The molecule has 1 fully saturated rings. The van der Waals surface area contributed by atoms with E-state index in [1.807, 2.05) is 4.68 Å². The Labute approximate surface area is 121 Å². The van der Waals surface area contributed by atoms with Crippen LogP contribution in [0.4, 0.5) is 0 Å². The summed E-state index contributed by atoms with van der Waals surface area (Å²) in [5.41, 5.74) is 0. The second-order valence-electron chi connectivity index (χ2n) is 6.06. The molecule has 6 heteroatoms. The smallest absolute Gasteiger partial charge is 0.167 e. The van der Waals surface area contributed by atoms with E-state index < -0.39 is 0 Å². The summed E-state index contributed by atoms with van der Waals surface area (Å²) in [5, 5.41) is 15.5. The minimum absolute atomic E-state index is 0.180. The number of aryl methyl sites for hydroxylation is 1. The minimum atomic E-state index is 0.180. The Morgan fingerprint density at radius 3 is 2.90 bits per heavy atom. The predicted molar refractivity (Wildman–Crippen MR) is 77.3 cm³/mol. The molecule has 0 radical (unpaired) electrons. The lowest BCUT2D eigenvalue weighted by Crippen LogP contribution is -2.27. The van der Waals surface area contributed by atoms with Crippen LogP contribution in [0, 0.1) is 5.92 Å². The molecule has 0 aromatic carbocycles. The van der Waals surface area contributed by atoms with E-state index in [9.17, 15) is 0 Å². The van der Waals surface area contributed by atoms with Crippen LogP contribution in [0.2, 0.25) is 0 Å². The van der Waals surface area contributed by atoms with Gasteiger partial charge >= 0.3 is 0 Å². The van der Waals surface area contributed by atoms with E-state index in [0.29, 0.717) is 12.0 Å². The molecule has 1 aromatic rings. The quantitative estimate of drug-likeness (QED) is 0.827. The number of nitrogens with one attached hydrogen (secondary N) is 1. The maximum atomic E-state index is 5.76. The Morgan fingerprint density at radius 2 is 2.20 bits per heavy atom. The van der Waals surface area contributed by atoms with Crippen LogP contribution in [-0.4, -0.2) is 39.5 Å². The first-order chi connectivity index (χ1) is 9.66. The van der Waals surface area contributed by atoms with Gasteiger partial charge in [-0.25, -0.2) is 4.68 Å². The number of hydrogen-bond donors (Lipinski definition) is 1. The second-order valence-corrected chi connectivity index (χ2v) is 6.06. The molecule has 2 unspecified atom stereocenters. The highest BCUT2D eigenvalue weighted by Crippen LogP contribution is 2.17. The highest BCUT2D eigenvalue weighted by molar-refractivity contribution is 4.89. The summed E-state index contributed by atoms with van der Waals surface area (Å²) in [6, 6.07) is 0.180. The maximum absolute atomic E-state index is 5.76. The molecule has 20 heavy (non-hydrogen) atoms. The molecule has 1 N–H and O–H groups in total. The lowest BCUT2D eigenvalue weighted by molar-refractivity contribution is 0.00801. The summed E-state index contributed by atoms with van der Waals surface area (Å²) in [6.45, 7) is 9.22. The molecule has 0 aliphatic carbocycles. The summed E-state index contributed by atoms with van der Waals surface area (Å²) in [4.78, 5) is 0. The van der Waals surface area contributed by atoms with E-state index in [2.05, 4.69) is 41.6 Å². The van der Waals surface area contributed by atoms with Gasteiger partial charge in [-0.3, -0.25) is 0 Å². The van der Waals surface area contributed by atoms with Crippen LogP contribution < -0.4 is 5.32 Å². The topological polar surface area (TPSA) is 64.9 Å². The standard InChI is InChI=1S/C14H27N5O/c1-11(2)10-15-12(3)14-16-17-18-19(14)8-7-13-6-4-5-9-20-13/h11-13,15H,4-10H2,1-3H3. The average Bonchev–Trinajstić information content (AvgIpc) is 2.92. The van der Waals surface area contributed by atoms with Crippen LogP contribution in [-0.2, 0) is 11.3 Å². The zero-order chi connectivity index (χ0) is 14.4. The number of nitrogens with zero attached hydrogens (tertiary/aromatic N) is 4. The van der Waals surface area contributed by atoms with E-state index in [4.69, 9.17) is 4.74 Å². The Hall–Kier alpha value is -1.01. The largest absolute Gasteiger partial charge is 0.378 e. The van der Waals surface area contributed by atoms with Crippen LogP contribution in [0.3, 0.4) is 0 Å². The number of aromatic nitrogens is 4.